The van der Waals surface area contributed by atoms with Crippen LogP contribution in [0.2, 0.25) is 0 Å². The molecule has 0 spiro atoms. The van der Waals surface area contributed by atoms with Gasteiger partial charge in [-0.05, 0) is 43.0 Å². The SMILES string of the molecule is NC(=O)c1ccc(NC(=O)NC(CC(=O)O)C2CC2)cc1. The maximum Gasteiger partial charge on any atom is 0.319 e. The first-order valence-corrected chi connectivity index (χ1v) is 6.65. The fourth-order valence-corrected chi connectivity index (χ4v) is 2.08. The highest BCUT2D eigenvalue weighted by atomic mass is 16.4. The van der Waals surface area contributed by atoms with Gasteiger partial charge in [-0.25, -0.2) is 4.79 Å². The van der Waals surface area contributed by atoms with E-state index in [0.29, 0.717) is 11.3 Å². The Balaban J connectivity index is 1.90. The molecular weight excluding hydrogens is 274 g/mol. The van der Waals surface area contributed by atoms with E-state index < -0.39 is 17.9 Å². The third-order valence-electron chi connectivity index (χ3n) is 3.33. The largest absolute Gasteiger partial charge is 0.481 e. The molecule has 0 aromatic heterocycles. The van der Waals surface area contributed by atoms with Crippen LogP contribution in [-0.2, 0) is 4.79 Å². The summed E-state index contributed by atoms with van der Waals surface area (Å²) in [6.45, 7) is 0. The van der Waals surface area contributed by atoms with Crippen LogP contribution in [-0.4, -0.2) is 29.1 Å². The molecular formula is C14H17N3O4. The number of carbonyl (C=O) groups is 3. The molecule has 1 aliphatic carbocycles. The Bertz CT molecular complexity index is 552. The monoisotopic (exact) mass is 291 g/mol. The van der Waals surface area contributed by atoms with Crippen LogP contribution in [0.5, 0.6) is 0 Å². The molecule has 2 rings (SSSR count). The third-order valence-corrected chi connectivity index (χ3v) is 3.33. The number of aliphatic carboxylic acids is 1. The number of anilines is 1. The first-order valence-electron chi connectivity index (χ1n) is 6.65. The first kappa shape index (κ1) is 14.8. The van der Waals surface area contributed by atoms with Crippen LogP contribution in [0.3, 0.4) is 0 Å². The van der Waals surface area contributed by atoms with Gasteiger partial charge in [-0.15, -0.1) is 0 Å². The third kappa shape index (κ3) is 4.48. The summed E-state index contributed by atoms with van der Waals surface area (Å²) in [7, 11) is 0. The summed E-state index contributed by atoms with van der Waals surface area (Å²) in [5, 5.41) is 14.1. The summed E-state index contributed by atoms with van der Waals surface area (Å²) in [5.41, 5.74) is 5.98. The Morgan fingerprint density at radius 2 is 1.86 bits per heavy atom. The molecule has 0 bridgehead atoms. The Morgan fingerprint density at radius 3 is 2.33 bits per heavy atom. The molecule has 3 amide bonds. The average Bonchev–Trinajstić information content (AvgIpc) is 3.22. The van der Waals surface area contributed by atoms with Crippen LogP contribution in [0.4, 0.5) is 10.5 Å². The Kier molecular flexibility index (Phi) is 4.42. The molecule has 0 saturated heterocycles. The topological polar surface area (TPSA) is 122 Å². The predicted octanol–water partition coefficient (Wildman–Crippen LogP) is 1.16. The van der Waals surface area contributed by atoms with Crippen LogP contribution in [0.15, 0.2) is 24.3 Å². The number of hydrogen-bond acceptors (Lipinski definition) is 3. The molecule has 1 aromatic rings. The van der Waals surface area contributed by atoms with E-state index in [2.05, 4.69) is 10.6 Å². The van der Waals surface area contributed by atoms with Gasteiger partial charge >= 0.3 is 12.0 Å². The van der Waals surface area contributed by atoms with Gasteiger partial charge in [0.25, 0.3) is 0 Å². The number of nitrogens with two attached hydrogens (primary N) is 1. The van der Waals surface area contributed by atoms with Crippen LogP contribution < -0.4 is 16.4 Å². The zero-order valence-corrected chi connectivity index (χ0v) is 11.3. The first-order chi connectivity index (χ1) is 9.95. The van der Waals surface area contributed by atoms with E-state index in [1.54, 1.807) is 12.1 Å². The fraction of sp³-hybridized carbons (Fsp3) is 0.357. The van der Waals surface area contributed by atoms with E-state index in [1.165, 1.54) is 12.1 Å². The van der Waals surface area contributed by atoms with Crippen LogP contribution in [0.25, 0.3) is 0 Å². The predicted molar refractivity (Wildman–Crippen MR) is 75.9 cm³/mol. The minimum atomic E-state index is -0.932. The van der Waals surface area contributed by atoms with Crippen molar-refractivity contribution in [2.75, 3.05) is 5.32 Å². The van der Waals surface area contributed by atoms with Crippen molar-refractivity contribution in [3.63, 3.8) is 0 Å². The van der Waals surface area contributed by atoms with E-state index in [-0.39, 0.29) is 18.4 Å². The molecule has 1 atom stereocenters. The number of primary amides is 1. The van der Waals surface area contributed by atoms with Crippen LogP contribution in [0, 0.1) is 5.92 Å². The van der Waals surface area contributed by atoms with Crippen molar-refractivity contribution in [2.45, 2.75) is 25.3 Å². The number of hydrogen-bond donors (Lipinski definition) is 4. The smallest absolute Gasteiger partial charge is 0.319 e. The van der Waals surface area contributed by atoms with Gasteiger partial charge in [0.1, 0.15) is 0 Å². The molecule has 0 radical (unpaired) electrons. The normalized spacial score (nSPS) is 15.0. The molecule has 1 saturated carbocycles. The van der Waals surface area contributed by atoms with Crippen molar-refractivity contribution < 1.29 is 19.5 Å². The second-order valence-corrected chi connectivity index (χ2v) is 5.08. The average molecular weight is 291 g/mol. The quantitative estimate of drug-likeness (QED) is 0.628. The molecule has 7 nitrogen and oxygen atoms in total. The maximum absolute atomic E-state index is 11.8. The van der Waals surface area contributed by atoms with Crippen LogP contribution >= 0.6 is 0 Å². The minimum Gasteiger partial charge on any atom is -0.481 e. The van der Waals surface area contributed by atoms with Gasteiger partial charge in [0, 0.05) is 17.3 Å². The van der Waals surface area contributed by atoms with Gasteiger partial charge in [0.05, 0.1) is 6.42 Å². The van der Waals surface area contributed by atoms with E-state index >= 15 is 0 Å². The van der Waals surface area contributed by atoms with Crippen molar-refractivity contribution >= 4 is 23.6 Å². The molecule has 7 heteroatoms. The highest BCUT2D eigenvalue weighted by Gasteiger charge is 2.33. The second-order valence-electron chi connectivity index (χ2n) is 5.08. The Labute approximate surface area is 121 Å². The molecule has 1 aliphatic rings. The number of urea groups is 1. The summed E-state index contributed by atoms with van der Waals surface area (Å²) in [4.78, 5) is 33.5. The van der Waals surface area contributed by atoms with Crippen molar-refractivity contribution in [3.8, 4) is 0 Å². The molecule has 112 valence electrons. The summed E-state index contributed by atoms with van der Waals surface area (Å²) < 4.78 is 0. The molecule has 0 aliphatic heterocycles. The number of carbonyl (C=O) groups excluding carboxylic acids is 2. The van der Waals surface area contributed by atoms with Crippen molar-refractivity contribution in [1.82, 2.24) is 5.32 Å². The van der Waals surface area contributed by atoms with E-state index in [9.17, 15) is 14.4 Å². The lowest BCUT2D eigenvalue weighted by atomic mass is 10.1. The van der Waals surface area contributed by atoms with Gasteiger partial charge < -0.3 is 21.5 Å². The standard InChI is InChI=1S/C14H17N3O4/c15-13(20)9-3-5-10(6-4-9)16-14(21)17-11(7-12(18)19)8-1-2-8/h3-6,8,11H,1-2,7H2,(H2,15,20)(H,18,19)(H2,16,17,21). The summed E-state index contributed by atoms with van der Waals surface area (Å²) >= 11 is 0. The molecule has 21 heavy (non-hydrogen) atoms. The zero-order valence-electron chi connectivity index (χ0n) is 11.3. The van der Waals surface area contributed by atoms with Gasteiger partial charge in [0.2, 0.25) is 5.91 Å². The summed E-state index contributed by atoms with van der Waals surface area (Å²) in [5.74, 6) is -1.23. The number of carboxylic acids is 1. The number of rotatable bonds is 6. The summed E-state index contributed by atoms with van der Waals surface area (Å²) in [6, 6.07) is 5.32. The van der Waals surface area contributed by atoms with E-state index in [1.807, 2.05) is 0 Å². The number of benzene rings is 1. The van der Waals surface area contributed by atoms with Gasteiger partial charge in [0.15, 0.2) is 0 Å². The maximum atomic E-state index is 11.8. The number of nitrogens with one attached hydrogen (secondary N) is 2. The highest BCUT2D eigenvalue weighted by molar-refractivity contribution is 5.94. The Hall–Kier alpha value is -2.57. The van der Waals surface area contributed by atoms with Crippen molar-refractivity contribution in [3.05, 3.63) is 29.8 Å². The lowest BCUT2D eigenvalue weighted by Crippen LogP contribution is -2.40. The zero-order chi connectivity index (χ0) is 15.4. The van der Waals surface area contributed by atoms with Gasteiger partial charge in [-0.3, -0.25) is 9.59 Å². The lowest BCUT2D eigenvalue weighted by molar-refractivity contribution is -0.137. The minimum absolute atomic E-state index is 0.0846. The Morgan fingerprint density at radius 1 is 1.24 bits per heavy atom. The molecule has 5 N–H and O–H groups in total. The summed E-state index contributed by atoms with van der Waals surface area (Å²) in [6.07, 6.45) is 1.79. The van der Waals surface area contributed by atoms with Crippen molar-refractivity contribution in [1.29, 1.82) is 0 Å². The highest BCUT2D eigenvalue weighted by Crippen LogP contribution is 2.34. The lowest BCUT2D eigenvalue weighted by Gasteiger charge is -2.16. The number of carboxylic acid groups (broad SMARTS) is 1. The molecule has 1 aromatic carbocycles. The number of amides is 3. The van der Waals surface area contributed by atoms with Gasteiger partial charge in [-0.2, -0.15) is 0 Å². The fourth-order valence-electron chi connectivity index (χ4n) is 2.08. The molecule has 1 fully saturated rings. The second kappa shape index (κ2) is 6.25. The molecule has 1 unspecified atom stereocenters. The van der Waals surface area contributed by atoms with Crippen LogP contribution in [0.1, 0.15) is 29.6 Å². The van der Waals surface area contributed by atoms with Gasteiger partial charge in [-0.1, -0.05) is 0 Å². The van der Waals surface area contributed by atoms with Crippen molar-refractivity contribution in [2.24, 2.45) is 11.7 Å². The van der Waals surface area contributed by atoms with E-state index in [0.717, 1.165) is 12.8 Å². The molecule has 0 heterocycles. The van der Waals surface area contributed by atoms with E-state index in [4.69, 9.17) is 10.8 Å².